The normalized spacial score (nSPS) is 19.5. The molecule has 0 saturated carbocycles. The van der Waals surface area contributed by atoms with Crippen LogP contribution in [0.25, 0.3) is 22.1 Å². The van der Waals surface area contributed by atoms with E-state index in [-0.39, 0.29) is 54.1 Å². The minimum Gasteiger partial charge on any atom is -0.461 e. The molecule has 5 N–H and O–H groups in total. The lowest BCUT2D eigenvalue weighted by Gasteiger charge is -2.33. The van der Waals surface area contributed by atoms with Crippen LogP contribution < -0.4 is 11.1 Å². The van der Waals surface area contributed by atoms with Crippen molar-refractivity contribution in [3.8, 4) is 0 Å². The fraction of sp³-hybridized carbons (Fsp3) is 0.604. The zero-order valence-corrected chi connectivity index (χ0v) is 46.2. The predicted molar refractivity (Wildman–Crippen MR) is 279 cm³/mol. The molecule has 22 nitrogen and oxygen atoms in total. The summed E-state index contributed by atoms with van der Waals surface area (Å²) in [6, 6.07) is 4.53. The number of hydrogen-bond donors (Lipinski definition) is 4. The van der Waals surface area contributed by atoms with E-state index in [1.54, 1.807) is 63.7 Å². The van der Waals surface area contributed by atoms with Gasteiger partial charge in [-0.05, 0) is 111 Å². The van der Waals surface area contributed by atoms with E-state index in [0.29, 0.717) is 32.2 Å². The first-order valence-electron chi connectivity index (χ1n) is 25.1. The van der Waals surface area contributed by atoms with Crippen LogP contribution in [0.15, 0.2) is 49.1 Å². The van der Waals surface area contributed by atoms with E-state index < -0.39 is 60.0 Å². The molecular weight excluding hydrogens is 971 g/mol. The zero-order chi connectivity index (χ0) is 56.1. The number of fused-ring (bicyclic) bond motifs is 2. The van der Waals surface area contributed by atoms with Gasteiger partial charge in [-0.1, -0.05) is 0 Å². The van der Waals surface area contributed by atoms with Gasteiger partial charge in [0.25, 0.3) is 0 Å². The SMILES string of the molecule is CC(=O)OC(C)(C)C.CO[C@H](C)[C@H](N)C(=O)N1C[C@@H](OC(C)=O)C[C@H]1Cc1c[nH]c2ncccc12.CO[C@H](C)[C@H](NC(=O)[C@H](C)N(C)C(=O)OC(C)(C)C)C(=O)N1C[C@@H](OC(C)=O)C[C@H]1Cc1c[nH]c2ncccc12. The first kappa shape index (κ1) is 60.9. The van der Waals surface area contributed by atoms with Gasteiger partial charge in [0.15, 0.2) is 0 Å². The number of carbonyl (C=O) groups is 7. The zero-order valence-electron chi connectivity index (χ0n) is 46.2. The molecule has 22 heteroatoms. The van der Waals surface area contributed by atoms with E-state index >= 15 is 0 Å². The Bertz CT molecular complexity index is 2590. The summed E-state index contributed by atoms with van der Waals surface area (Å²) in [6.45, 7) is 20.4. The summed E-state index contributed by atoms with van der Waals surface area (Å²) in [6.07, 6.45) is 6.80. The Kier molecular flexibility index (Phi) is 21.7. The van der Waals surface area contributed by atoms with Crippen LogP contribution in [0.3, 0.4) is 0 Å². The predicted octanol–water partition coefficient (Wildman–Crippen LogP) is 4.76. The van der Waals surface area contributed by atoms with E-state index in [2.05, 4.69) is 25.3 Å². The Balaban J connectivity index is 0.000000298. The number of carbonyl (C=O) groups excluding carboxylic acids is 7. The van der Waals surface area contributed by atoms with Crippen molar-refractivity contribution < 1.29 is 62.0 Å². The van der Waals surface area contributed by atoms with Crippen molar-refractivity contribution in [2.45, 2.75) is 175 Å². The van der Waals surface area contributed by atoms with Crippen molar-refractivity contribution in [1.29, 1.82) is 0 Å². The summed E-state index contributed by atoms with van der Waals surface area (Å²) in [4.78, 5) is 106. The maximum atomic E-state index is 14.0. The largest absolute Gasteiger partial charge is 0.461 e. The van der Waals surface area contributed by atoms with Crippen LogP contribution in [0.2, 0.25) is 0 Å². The van der Waals surface area contributed by atoms with Gasteiger partial charge in [0.2, 0.25) is 17.7 Å². The van der Waals surface area contributed by atoms with Crippen molar-refractivity contribution in [3.05, 3.63) is 60.2 Å². The van der Waals surface area contributed by atoms with Crippen molar-refractivity contribution in [3.63, 3.8) is 0 Å². The highest BCUT2D eigenvalue weighted by Crippen LogP contribution is 2.30. The highest BCUT2D eigenvalue weighted by Gasteiger charge is 2.43. The van der Waals surface area contributed by atoms with E-state index in [1.165, 1.54) is 46.9 Å². The number of hydrogen-bond acceptors (Lipinski definition) is 16. The first-order chi connectivity index (χ1) is 35.0. The highest BCUT2D eigenvalue weighted by molar-refractivity contribution is 5.92. The number of amides is 4. The molecule has 75 heavy (non-hydrogen) atoms. The molecule has 2 aliphatic rings. The molecule has 2 fully saturated rings. The van der Waals surface area contributed by atoms with Crippen molar-refractivity contribution in [2.75, 3.05) is 34.4 Å². The molecule has 0 unspecified atom stereocenters. The van der Waals surface area contributed by atoms with Crippen LogP contribution >= 0.6 is 0 Å². The number of aromatic amines is 2. The number of nitrogens with one attached hydrogen (secondary N) is 3. The molecule has 0 bridgehead atoms. The van der Waals surface area contributed by atoms with E-state index in [9.17, 15) is 33.6 Å². The topological polar surface area (TPSA) is 280 Å². The second-order valence-corrected chi connectivity index (χ2v) is 20.9. The second kappa shape index (κ2) is 26.7. The summed E-state index contributed by atoms with van der Waals surface area (Å²) in [7, 11) is 4.44. The van der Waals surface area contributed by atoms with Gasteiger partial charge in [0.1, 0.15) is 52.8 Å². The molecule has 0 aromatic carbocycles. The Morgan fingerprint density at radius 2 is 1.15 bits per heavy atom. The monoisotopic (exact) mass is 1050 g/mol. The number of likely N-dealkylation sites (tertiary alicyclic amines) is 2. The maximum absolute atomic E-state index is 14.0. The molecule has 4 aromatic rings. The fourth-order valence-electron chi connectivity index (χ4n) is 8.79. The summed E-state index contributed by atoms with van der Waals surface area (Å²) in [5.41, 5.74) is 8.62. The molecule has 4 aromatic heterocycles. The van der Waals surface area contributed by atoms with E-state index in [1.807, 2.05) is 57.4 Å². The summed E-state index contributed by atoms with van der Waals surface area (Å²) >= 11 is 0. The Morgan fingerprint density at radius 3 is 1.53 bits per heavy atom. The number of likely N-dealkylation sites (N-methyl/N-ethyl adjacent to an activating group) is 1. The minimum absolute atomic E-state index is 0.115. The summed E-state index contributed by atoms with van der Waals surface area (Å²) in [5, 5.41) is 4.75. The number of nitrogens with two attached hydrogens (primary N) is 1. The van der Waals surface area contributed by atoms with Crippen molar-refractivity contribution >= 4 is 63.8 Å². The Labute approximate surface area is 439 Å². The molecule has 0 radical (unpaired) electrons. The Hall–Kier alpha value is -6.65. The number of pyridine rings is 2. The number of rotatable bonds is 15. The van der Waals surface area contributed by atoms with Gasteiger partial charge >= 0.3 is 24.0 Å². The van der Waals surface area contributed by atoms with Gasteiger partial charge in [-0.15, -0.1) is 0 Å². The van der Waals surface area contributed by atoms with Crippen LogP contribution in [-0.2, 0) is 70.0 Å². The van der Waals surface area contributed by atoms with E-state index in [0.717, 1.165) is 33.2 Å². The number of H-pyrrole nitrogens is 2. The number of nitrogens with zero attached hydrogens (tertiary/aromatic N) is 5. The average Bonchev–Trinajstić information content (AvgIpc) is 4.13. The highest BCUT2D eigenvalue weighted by atomic mass is 16.6. The number of methoxy groups -OCH3 is 2. The van der Waals surface area contributed by atoms with Gasteiger partial charge in [-0.25, -0.2) is 14.8 Å². The lowest BCUT2D eigenvalue weighted by Crippen LogP contribution is -2.58. The van der Waals surface area contributed by atoms with Gasteiger partial charge in [-0.2, -0.15) is 0 Å². The van der Waals surface area contributed by atoms with Crippen LogP contribution in [0.1, 0.15) is 107 Å². The molecule has 0 aliphatic carbocycles. The maximum Gasteiger partial charge on any atom is 0.410 e. The molecular formula is C53H79N9O13. The van der Waals surface area contributed by atoms with Crippen molar-refractivity contribution in [1.82, 2.24) is 40.0 Å². The number of ether oxygens (including phenoxy) is 6. The molecule has 414 valence electrons. The summed E-state index contributed by atoms with van der Waals surface area (Å²) in [5.74, 6) is -2.10. The number of aromatic nitrogens is 4. The third-order valence-corrected chi connectivity index (χ3v) is 12.6. The molecule has 4 amide bonds. The van der Waals surface area contributed by atoms with Gasteiger partial charge in [-0.3, -0.25) is 33.7 Å². The molecule has 2 saturated heterocycles. The third-order valence-electron chi connectivity index (χ3n) is 12.6. The van der Waals surface area contributed by atoms with Crippen molar-refractivity contribution in [2.24, 2.45) is 5.73 Å². The van der Waals surface area contributed by atoms with Crippen LogP contribution in [-0.4, -0.2) is 177 Å². The molecule has 0 spiro atoms. The van der Waals surface area contributed by atoms with Gasteiger partial charge in [0, 0.05) is 103 Å². The smallest absolute Gasteiger partial charge is 0.410 e. The first-order valence-corrected chi connectivity index (χ1v) is 25.1. The molecule has 6 rings (SSSR count). The van der Waals surface area contributed by atoms with Gasteiger partial charge < -0.3 is 59.2 Å². The quantitative estimate of drug-likeness (QED) is 0.0922. The van der Waals surface area contributed by atoms with E-state index in [4.69, 9.17) is 34.2 Å². The fourth-order valence-corrected chi connectivity index (χ4v) is 8.79. The molecule has 6 heterocycles. The van der Waals surface area contributed by atoms with Crippen LogP contribution in [0.5, 0.6) is 0 Å². The van der Waals surface area contributed by atoms with Crippen LogP contribution in [0, 0.1) is 0 Å². The number of esters is 3. The molecule has 2 aliphatic heterocycles. The lowest BCUT2D eigenvalue weighted by molar-refractivity contribution is -0.152. The molecule has 9 atom stereocenters. The van der Waals surface area contributed by atoms with Gasteiger partial charge in [0.05, 0.1) is 25.3 Å². The minimum atomic E-state index is -1.05. The average molecular weight is 1050 g/mol. The standard InChI is InChI=1S/C28H41N5O7.C19H26N4O4.C6H12O2/c1-16(32(7)27(37)40-28(4,5)6)25(35)31-23(17(2)38-8)26(36)33-15-21(39-18(3)34)13-20(33)12-19-14-30-24-22(19)10-9-11-29-24;1-11(26-3)17(20)19(25)23-10-15(27-12(2)24)8-14(23)7-13-9-22-18-16(13)5-4-6-21-18;1-5(7)8-6(2,3)4/h9-11,14,16-17,20-21,23H,12-13,15H2,1-8H3,(H,29,30)(H,31,35);4-6,9,11,14-15,17H,7-8,10,20H2,1-3H3,(H,21,22);1-4H3/t16-,17+,20+,21-,23-;11-,14-,15+,17+;/m01./s1. The second-order valence-electron chi connectivity index (χ2n) is 20.9. The third kappa shape index (κ3) is 17.7. The van der Waals surface area contributed by atoms with Crippen LogP contribution in [0.4, 0.5) is 4.79 Å². The lowest BCUT2D eigenvalue weighted by atomic mass is 10.0. The summed E-state index contributed by atoms with van der Waals surface area (Å²) < 4.78 is 31.7. The Morgan fingerprint density at radius 1 is 0.707 bits per heavy atom.